The zero-order valence-corrected chi connectivity index (χ0v) is 17.4. The Morgan fingerprint density at radius 1 is 1.31 bits per heavy atom. The molecule has 32 heavy (non-hydrogen) atoms. The minimum absolute atomic E-state index is 0.00808. The Hall–Kier alpha value is -3.69. The van der Waals surface area contributed by atoms with Crippen molar-refractivity contribution in [1.82, 2.24) is 14.5 Å². The predicted octanol–water partition coefficient (Wildman–Crippen LogP) is 2.55. The number of methoxy groups -OCH3 is 1. The van der Waals surface area contributed by atoms with E-state index in [-0.39, 0.29) is 34.5 Å². The van der Waals surface area contributed by atoms with Crippen molar-refractivity contribution in [2.24, 2.45) is 0 Å². The molecule has 1 aromatic carbocycles. The van der Waals surface area contributed by atoms with Crippen molar-refractivity contribution in [3.63, 3.8) is 0 Å². The number of aromatic carboxylic acids is 1. The van der Waals surface area contributed by atoms with Crippen molar-refractivity contribution in [2.75, 3.05) is 30.8 Å². The van der Waals surface area contributed by atoms with E-state index in [9.17, 15) is 14.7 Å². The molecular formula is C22H22FN5O4. The molecule has 0 radical (unpaired) electrons. The van der Waals surface area contributed by atoms with E-state index in [4.69, 9.17) is 10.5 Å². The first kappa shape index (κ1) is 20.2. The van der Waals surface area contributed by atoms with Crippen LogP contribution in [0.1, 0.15) is 47.3 Å². The molecule has 10 heteroatoms. The Balaban J connectivity index is 1.72. The third kappa shape index (κ3) is 3.05. The van der Waals surface area contributed by atoms with Gasteiger partial charge in [0, 0.05) is 49.8 Å². The second-order valence-corrected chi connectivity index (χ2v) is 8.21. The summed E-state index contributed by atoms with van der Waals surface area (Å²) in [4.78, 5) is 34.9. The van der Waals surface area contributed by atoms with Crippen LogP contribution in [0.4, 0.5) is 15.8 Å². The summed E-state index contributed by atoms with van der Waals surface area (Å²) < 4.78 is 23.0. The minimum atomic E-state index is -1.37. The molecule has 3 aromatic rings. The Kier molecular flexibility index (Phi) is 4.72. The number of nitrogens with two attached hydrogens (primary N) is 1. The maximum absolute atomic E-state index is 15.7. The Labute approximate surface area is 182 Å². The molecule has 5 rings (SSSR count). The van der Waals surface area contributed by atoms with E-state index in [0.717, 1.165) is 25.0 Å². The molecule has 3 N–H and O–H groups in total. The lowest BCUT2D eigenvalue weighted by molar-refractivity contribution is 0.0695. The zero-order chi connectivity index (χ0) is 22.6. The topological polar surface area (TPSA) is 124 Å². The van der Waals surface area contributed by atoms with Gasteiger partial charge in [-0.15, -0.1) is 0 Å². The van der Waals surface area contributed by atoms with Gasteiger partial charge in [-0.3, -0.25) is 14.8 Å². The van der Waals surface area contributed by atoms with Crippen LogP contribution in [0.15, 0.2) is 29.6 Å². The van der Waals surface area contributed by atoms with Crippen LogP contribution in [0.3, 0.4) is 0 Å². The van der Waals surface area contributed by atoms with Gasteiger partial charge in [-0.1, -0.05) is 0 Å². The molecule has 2 aliphatic rings. The van der Waals surface area contributed by atoms with Crippen LogP contribution in [0.2, 0.25) is 0 Å². The number of benzene rings is 1. The number of ether oxygens (including phenoxy) is 1. The molecule has 2 aromatic heterocycles. The number of rotatable bonds is 5. The fraction of sp³-hybridized carbons (Fsp3) is 0.364. The molecule has 3 heterocycles. The van der Waals surface area contributed by atoms with Gasteiger partial charge in [-0.2, -0.15) is 0 Å². The van der Waals surface area contributed by atoms with Crippen molar-refractivity contribution in [2.45, 2.75) is 31.2 Å². The predicted molar refractivity (Wildman–Crippen MR) is 116 cm³/mol. The lowest BCUT2D eigenvalue weighted by Crippen LogP contribution is -2.25. The molecule has 9 nitrogen and oxygen atoms in total. The Morgan fingerprint density at radius 3 is 2.72 bits per heavy atom. The van der Waals surface area contributed by atoms with Crippen molar-refractivity contribution in [1.29, 1.82) is 0 Å². The van der Waals surface area contributed by atoms with Crippen LogP contribution in [0, 0.1) is 5.82 Å². The normalized spacial score (nSPS) is 18.3. The molecule has 0 amide bonds. The number of halogens is 1. The molecule has 0 spiro atoms. The molecule has 1 aliphatic heterocycles. The van der Waals surface area contributed by atoms with Gasteiger partial charge >= 0.3 is 5.97 Å². The first-order chi connectivity index (χ1) is 15.4. The van der Waals surface area contributed by atoms with Crippen LogP contribution in [0.5, 0.6) is 5.75 Å². The summed E-state index contributed by atoms with van der Waals surface area (Å²) in [7, 11) is 1.41. The minimum Gasteiger partial charge on any atom is -0.492 e. The average Bonchev–Trinajstić information content (AvgIpc) is 3.52. The highest BCUT2D eigenvalue weighted by atomic mass is 19.1. The van der Waals surface area contributed by atoms with Crippen LogP contribution in [-0.2, 0) is 0 Å². The van der Waals surface area contributed by atoms with Crippen LogP contribution >= 0.6 is 0 Å². The van der Waals surface area contributed by atoms with Gasteiger partial charge in [0.15, 0.2) is 11.6 Å². The van der Waals surface area contributed by atoms with E-state index < -0.39 is 22.8 Å². The van der Waals surface area contributed by atoms with Crippen LogP contribution in [-0.4, -0.2) is 45.8 Å². The number of fused-ring (bicyclic) bond motifs is 1. The summed E-state index contributed by atoms with van der Waals surface area (Å²) in [6.07, 6.45) is 8.64. The number of hydrogen-bond donors (Lipinski definition) is 2. The third-order valence-corrected chi connectivity index (χ3v) is 6.26. The number of hydrogen-bond acceptors (Lipinski definition) is 7. The second kappa shape index (κ2) is 7.47. The molecule has 0 bridgehead atoms. The summed E-state index contributed by atoms with van der Waals surface area (Å²) in [5.74, 6) is -1.91. The SMILES string of the molecule is COc1c(N2CCC(c3cnccn3)C2)c(F)c(N)c2c(=O)c(C(=O)O)cn(C3CC3)c12. The monoisotopic (exact) mass is 439 g/mol. The van der Waals surface area contributed by atoms with E-state index >= 15 is 4.39 Å². The number of anilines is 2. The Bertz CT molecular complexity index is 1290. The lowest BCUT2D eigenvalue weighted by atomic mass is 10.0. The second-order valence-electron chi connectivity index (χ2n) is 8.21. The molecule has 1 atom stereocenters. The smallest absolute Gasteiger partial charge is 0.341 e. The maximum Gasteiger partial charge on any atom is 0.341 e. The van der Waals surface area contributed by atoms with Gasteiger partial charge in [0.25, 0.3) is 0 Å². The van der Waals surface area contributed by atoms with E-state index in [1.54, 1.807) is 23.2 Å². The molecule has 166 valence electrons. The number of carboxylic acids is 1. The van der Waals surface area contributed by atoms with Crippen molar-refractivity contribution in [3.05, 3.63) is 52.1 Å². The van der Waals surface area contributed by atoms with Crippen molar-refractivity contribution in [3.8, 4) is 5.75 Å². The van der Waals surface area contributed by atoms with Gasteiger partial charge in [0.1, 0.15) is 11.3 Å². The average molecular weight is 439 g/mol. The van der Waals surface area contributed by atoms with Gasteiger partial charge in [0.2, 0.25) is 5.43 Å². The fourth-order valence-corrected chi connectivity index (χ4v) is 4.56. The summed E-state index contributed by atoms with van der Waals surface area (Å²) in [6.45, 7) is 1.03. The van der Waals surface area contributed by atoms with E-state index in [2.05, 4.69) is 9.97 Å². The lowest BCUT2D eigenvalue weighted by Gasteiger charge is -2.25. The molecule has 2 fully saturated rings. The van der Waals surface area contributed by atoms with Crippen LogP contribution < -0.4 is 20.8 Å². The summed E-state index contributed by atoms with van der Waals surface area (Å²) >= 11 is 0. The first-order valence-electron chi connectivity index (χ1n) is 10.4. The molecule has 1 unspecified atom stereocenters. The fourth-order valence-electron chi connectivity index (χ4n) is 4.56. The molecular weight excluding hydrogens is 417 g/mol. The summed E-state index contributed by atoms with van der Waals surface area (Å²) in [5.41, 5.74) is 5.86. The van der Waals surface area contributed by atoms with E-state index in [0.29, 0.717) is 18.6 Å². The maximum atomic E-state index is 15.7. The third-order valence-electron chi connectivity index (χ3n) is 6.26. The molecule has 1 saturated carbocycles. The number of pyridine rings is 1. The first-order valence-corrected chi connectivity index (χ1v) is 10.4. The van der Waals surface area contributed by atoms with Gasteiger partial charge in [-0.25, -0.2) is 9.18 Å². The number of nitrogen functional groups attached to an aromatic ring is 1. The highest BCUT2D eigenvalue weighted by Gasteiger charge is 2.35. The highest BCUT2D eigenvalue weighted by molar-refractivity contribution is 6.03. The van der Waals surface area contributed by atoms with E-state index in [1.807, 2.05) is 4.90 Å². The van der Waals surface area contributed by atoms with Gasteiger partial charge < -0.3 is 25.0 Å². The van der Waals surface area contributed by atoms with Gasteiger partial charge in [-0.05, 0) is 19.3 Å². The highest BCUT2D eigenvalue weighted by Crippen LogP contribution is 2.47. The summed E-state index contributed by atoms with van der Waals surface area (Å²) in [6, 6.07) is 0.00808. The molecule has 1 aliphatic carbocycles. The number of carbonyl (C=O) groups is 1. The standard InChI is InChI=1S/C22H22FN5O4/c1-32-21-18-15(20(29)13(22(30)31)10-28(18)12-2-3-12)17(24)16(23)19(21)27-7-4-11(9-27)14-8-25-5-6-26-14/h5-6,8,10-12H,2-4,7,9,24H2,1H3,(H,30,31). The quantitative estimate of drug-likeness (QED) is 0.582. The van der Waals surface area contributed by atoms with Crippen LogP contribution in [0.25, 0.3) is 10.9 Å². The van der Waals surface area contributed by atoms with Gasteiger partial charge in [0.05, 0.1) is 29.4 Å². The largest absolute Gasteiger partial charge is 0.492 e. The van der Waals surface area contributed by atoms with E-state index in [1.165, 1.54) is 13.3 Å². The number of carboxylic acid groups (broad SMARTS) is 1. The molecule has 1 saturated heterocycles. The Morgan fingerprint density at radius 2 is 2.09 bits per heavy atom. The zero-order valence-electron chi connectivity index (χ0n) is 17.4. The van der Waals surface area contributed by atoms with Crippen molar-refractivity contribution >= 4 is 28.2 Å². The summed E-state index contributed by atoms with van der Waals surface area (Å²) in [5, 5.41) is 9.35. The number of aromatic nitrogens is 3. The number of nitrogens with zero attached hydrogens (tertiary/aromatic N) is 4. The van der Waals surface area contributed by atoms with Crippen molar-refractivity contribution < 1.29 is 19.0 Å².